The minimum atomic E-state index is 0.762. The second kappa shape index (κ2) is 5.56. The number of halogens is 4. The van der Waals surface area contributed by atoms with Crippen LogP contribution in [0.3, 0.4) is 0 Å². The Labute approximate surface area is 105 Å². The average molecular weight is 562 g/mol. The van der Waals surface area contributed by atoms with Gasteiger partial charge in [0.05, 0.1) is 1.93 Å². The molecule has 0 aliphatic carbocycles. The van der Waals surface area contributed by atoms with Crippen molar-refractivity contribution in [1.82, 2.24) is 0 Å². The molecule has 0 aliphatic rings. The molecule has 0 spiro atoms. The van der Waals surface area contributed by atoms with Gasteiger partial charge in [-0.25, -0.2) is 0 Å². The quantitative estimate of drug-likeness (QED) is 0.356. The lowest BCUT2D eigenvalue weighted by molar-refractivity contribution is 1.00. The van der Waals surface area contributed by atoms with Crippen molar-refractivity contribution in [2.75, 3.05) is 0 Å². The van der Waals surface area contributed by atoms with Crippen molar-refractivity contribution in [3.05, 3.63) is 0 Å². The number of rotatable bonds is 2. The molecule has 0 saturated carbocycles. The lowest BCUT2D eigenvalue weighted by Crippen LogP contribution is -2.15. The molecule has 0 fully saturated rings. The lowest BCUT2D eigenvalue weighted by atomic mass is 10.4. The van der Waals surface area contributed by atoms with Crippen LogP contribution in [0.25, 0.3) is 0 Å². The van der Waals surface area contributed by atoms with Gasteiger partial charge in [0.1, 0.15) is 0 Å². The number of hydrogen-bond acceptors (Lipinski definition) is 0. The molecular weight excluding hydrogens is 556 g/mol. The summed E-state index contributed by atoms with van der Waals surface area (Å²) in [5, 5.41) is 0. The highest BCUT2D eigenvalue weighted by Crippen LogP contribution is 2.27. The van der Waals surface area contributed by atoms with E-state index in [9.17, 15) is 0 Å². The van der Waals surface area contributed by atoms with Crippen LogP contribution in [0, 0.1) is 0 Å². The molecule has 50 valence electrons. The molecule has 0 aromatic heterocycles. The summed E-state index contributed by atoms with van der Waals surface area (Å²) in [5.41, 5.74) is 0. The van der Waals surface area contributed by atoms with Gasteiger partial charge in [-0.2, -0.15) is 0 Å². The summed E-state index contributed by atoms with van der Waals surface area (Å²) in [6.07, 6.45) is 0. The van der Waals surface area contributed by atoms with Crippen LogP contribution < -0.4 is 0 Å². The fraction of sp³-hybridized carbons (Fsp3) is 1.00. The van der Waals surface area contributed by atoms with E-state index in [2.05, 4.69) is 97.3 Å². The maximum absolute atomic E-state index is 2.50. The van der Waals surface area contributed by atoms with E-state index in [0.29, 0.717) is 0 Å². The molecule has 0 heterocycles. The van der Waals surface area contributed by atoms with Crippen LogP contribution in [0.2, 0.25) is 0 Å². The zero-order chi connectivity index (χ0) is 6.73. The zero-order valence-electron chi connectivity index (χ0n) is 4.24. The zero-order valence-corrected chi connectivity index (χ0v) is 12.9. The van der Waals surface area contributed by atoms with Crippen molar-refractivity contribution in [3.63, 3.8) is 0 Å². The molecule has 0 nitrogen and oxygen atoms in total. The highest BCUT2D eigenvalue weighted by Gasteiger charge is 2.16. The average Bonchev–Trinajstić information content (AvgIpc) is 1.64. The molecule has 2 unspecified atom stereocenters. The van der Waals surface area contributed by atoms with Crippen LogP contribution >= 0.6 is 90.4 Å². The van der Waals surface area contributed by atoms with Crippen LogP contribution in [-0.4, -0.2) is 9.78 Å². The van der Waals surface area contributed by atoms with Crippen molar-refractivity contribution in [1.29, 1.82) is 0 Å². The van der Waals surface area contributed by atoms with Crippen molar-refractivity contribution in [2.45, 2.75) is 16.7 Å². The molecule has 8 heavy (non-hydrogen) atoms. The Morgan fingerprint density at radius 1 is 1.00 bits per heavy atom. The highest BCUT2D eigenvalue weighted by atomic mass is 127. The van der Waals surface area contributed by atoms with Gasteiger partial charge >= 0.3 is 0 Å². The Kier molecular flexibility index (Phi) is 7.58. The highest BCUT2D eigenvalue weighted by molar-refractivity contribution is 14.2. The van der Waals surface area contributed by atoms with Crippen molar-refractivity contribution in [2.24, 2.45) is 0 Å². The second-order valence-electron chi connectivity index (χ2n) is 1.46. The molecule has 0 aromatic carbocycles. The maximum atomic E-state index is 2.50. The molecule has 2 atom stereocenters. The molecule has 0 N–H and O–H groups in total. The second-order valence-corrected chi connectivity index (χ2v) is 9.93. The molecule has 4 heteroatoms. The van der Waals surface area contributed by atoms with Gasteiger partial charge in [-0.3, -0.25) is 0 Å². The minimum absolute atomic E-state index is 0.762. The first-order valence-electron chi connectivity index (χ1n) is 2.12. The summed E-state index contributed by atoms with van der Waals surface area (Å²) in [6, 6.07) is 0. The molecule has 0 bridgehead atoms. The predicted molar refractivity (Wildman–Crippen MR) is 73.1 cm³/mol. The third-order valence-electron chi connectivity index (χ3n) is 0.680. The summed E-state index contributed by atoms with van der Waals surface area (Å²) in [6.45, 7) is 2.25. The number of alkyl halides is 4. The Hall–Kier alpha value is 2.92. The van der Waals surface area contributed by atoms with Crippen molar-refractivity contribution >= 4 is 90.4 Å². The van der Waals surface area contributed by atoms with E-state index in [4.69, 9.17) is 0 Å². The first kappa shape index (κ1) is 10.9. The summed E-state index contributed by atoms with van der Waals surface area (Å²) in [5.74, 6) is 0. The smallest absolute Gasteiger partial charge is 0.0753 e. The van der Waals surface area contributed by atoms with E-state index >= 15 is 0 Å². The Morgan fingerprint density at radius 2 is 1.38 bits per heavy atom. The first-order chi connectivity index (χ1) is 3.55. The van der Waals surface area contributed by atoms with Crippen LogP contribution in [0.1, 0.15) is 6.92 Å². The largest absolute Gasteiger partial charge is 0.0817 e. The monoisotopic (exact) mass is 562 g/mol. The van der Waals surface area contributed by atoms with E-state index in [1.165, 1.54) is 0 Å². The molecule has 0 radical (unpaired) electrons. The summed E-state index contributed by atoms with van der Waals surface area (Å²) in [7, 11) is 0. The van der Waals surface area contributed by atoms with Crippen LogP contribution in [0.15, 0.2) is 0 Å². The fourth-order valence-electron chi connectivity index (χ4n) is 0.200. The normalized spacial score (nSPS) is 18.8. The van der Waals surface area contributed by atoms with Crippen LogP contribution in [0.5, 0.6) is 0 Å². The molecule has 0 rings (SSSR count). The summed E-state index contributed by atoms with van der Waals surface area (Å²) in [4.78, 5) is 0. The number of hydrogen-bond donors (Lipinski definition) is 0. The SMILES string of the molecule is CC(I)C(I)C(I)I. The van der Waals surface area contributed by atoms with Crippen LogP contribution in [-0.2, 0) is 0 Å². The third kappa shape index (κ3) is 4.69. The van der Waals surface area contributed by atoms with Crippen molar-refractivity contribution in [3.8, 4) is 0 Å². The van der Waals surface area contributed by atoms with E-state index in [1.54, 1.807) is 0 Å². The van der Waals surface area contributed by atoms with Gasteiger partial charge in [-0.05, 0) is 0 Å². The standard InChI is InChI=1S/C4H6I4/c1-2(5)3(6)4(7)8/h2-4H,1H3. The first-order valence-corrected chi connectivity index (χ1v) is 7.10. The molecule has 0 amide bonds. The van der Waals surface area contributed by atoms with Crippen molar-refractivity contribution < 1.29 is 0 Å². The summed E-state index contributed by atoms with van der Waals surface area (Å²) >= 11 is 9.88. The molecule has 0 aromatic rings. The van der Waals surface area contributed by atoms with Gasteiger partial charge in [0.2, 0.25) is 0 Å². The Morgan fingerprint density at radius 3 is 1.38 bits per heavy atom. The fourth-order valence-corrected chi connectivity index (χ4v) is 3.45. The predicted octanol–water partition coefficient (Wildman–Crippen LogP) is 3.81. The van der Waals surface area contributed by atoms with Gasteiger partial charge < -0.3 is 0 Å². The Balaban J connectivity index is 3.46. The van der Waals surface area contributed by atoms with Gasteiger partial charge in [-0.15, -0.1) is 0 Å². The van der Waals surface area contributed by atoms with E-state index in [0.717, 1.165) is 9.78 Å². The maximum Gasteiger partial charge on any atom is 0.0753 e. The molecular formula is C4H6I4. The van der Waals surface area contributed by atoms with Crippen LogP contribution in [0.4, 0.5) is 0 Å². The third-order valence-corrected chi connectivity index (χ3v) is 8.93. The van der Waals surface area contributed by atoms with E-state index in [1.807, 2.05) is 0 Å². The van der Waals surface area contributed by atoms with Gasteiger partial charge in [0.15, 0.2) is 0 Å². The molecule has 0 saturated heterocycles. The Bertz CT molecular complexity index is 53.1. The summed E-state index contributed by atoms with van der Waals surface area (Å²) < 4.78 is 2.35. The van der Waals surface area contributed by atoms with E-state index in [-0.39, 0.29) is 0 Å². The molecule has 0 aliphatic heterocycles. The topological polar surface area (TPSA) is 0 Å². The lowest BCUT2D eigenvalue weighted by Gasteiger charge is -2.12. The van der Waals surface area contributed by atoms with Gasteiger partial charge in [0, 0.05) is 7.85 Å². The van der Waals surface area contributed by atoms with E-state index < -0.39 is 0 Å². The van der Waals surface area contributed by atoms with Gasteiger partial charge in [-0.1, -0.05) is 97.3 Å². The minimum Gasteiger partial charge on any atom is -0.0817 e. The van der Waals surface area contributed by atoms with Gasteiger partial charge in [0.25, 0.3) is 0 Å².